The van der Waals surface area contributed by atoms with E-state index in [9.17, 15) is 14.0 Å². The fourth-order valence-corrected chi connectivity index (χ4v) is 2.58. The fraction of sp³-hybridized carbons (Fsp3) is 0.0476. The minimum absolute atomic E-state index is 0.0977. The van der Waals surface area contributed by atoms with Crippen LogP contribution in [0.15, 0.2) is 66.7 Å². The van der Waals surface area contributed by atoms with Gasteiger partial charge in [-0.2, -0.15) is 0 Å². The molecule has 3 aromatic rings. The van der Waals surface area contributed by atoms with Crippen LogP contribution in [0.5, 0.6) is 0 Å². The van der Waals surface area contributed by atoms with Crippen LogP contribution >= 0.6 is 11.6 Å². The van der Waals surface area contributed by atoms with Gasteiger partial charge in [-0.1, -0.05) is 29.8 Å². The number of para-hydroxylation sites is 1. The highest BCUT2D eigenvalue weighted by Crippen LogP contribution is 2.21. The van der Waals surface area contributed by atoms with E-state index >= 15 is 0 Å². The van der Waals surface area contributed by atoms with Crippen LogP contribution in [0, 0.1) is 12.7 Å². The largest absolute Gasteiger partial charge is 0.322 e. The van der Waals surface area contributed by atoms with Crippen LogP contribution in [0.4, 0.5) is 15.8 Å². The Bertz CT molecular complexity index is 1000. The van der Waals surface area contributed by atoms with E-state index < -0.39 is 11.7 Å². The molecule has 0 aliphatic carbocycles. The molecule has 6 heteroatoms. The molecule has 0 aromatic heterocycles. The second-order valence-corrected chi connectivity index (χ2v) is 6.34. The summed E-state index contributed by atoms with van der Waals surface area (Å²) < 4.78 is 13.6. The van der Waals surface area contributed by atoms with Crippen LogP contribution in [0.1, 0.15) is 26.3 Å². The zero-order valence-electron chi connectivity index (χ0n) is 14.4. The van der Waals surface area contributed by atoms with Gasteiger partial charge >= 0.3 is 0 Å². The van der Waals surface area contributed by atoms with E-state index in [4.69, 9.17) is 11.6 Å². The van der Waals surface area contributed by atoms with Gasteiger partial charge in [0.1, 0.15) is 5.82 Å². The Hall–Kier alpha value is -3.18. The maximum Gasteiger partial charge on any atom is 0.255 e. The normalized spacial score (nSPS) is 10.3. The van der Waals surface area contributed by atoms with Gasteiger partial charge in [0, 0.05) is 21.8 Å². The van der Waals surface area contributed by atoms with Crippen LogP contribution in [0.2, 0.25) is 5.02 Å². The van der Waals surface area contributed by atoms with Gasteiger partial charge in [0.15, 0.2) is 0 Å². The Morgan fingerprint density at radius 1 is 0.852 bits per heavy atom. The Morgan fingerprint density at radius 3 is 2.04 bits per heavy atom. The number of carbonyl (C=O) groups is 2. The molecule has 0 radical (unpaired) electrons. The number of anilines is 2. The lowest BCUT2D eigenvalue weighted by molar-refractivity contribution is 0.101. The highest BCUT2D eigenvalue weighted by atomic mass is 35.5. The molecule has 0 aliphatic heterocycles. The second-order valence-electron chi connectivity index (χ2n) is 5.93. The molecule has 3 rings (SSSR count). The molecule has 0 fully saturated rings. The van der Waals surface area contributed by atoms with Crippen LogP contribution in [0.25, 0.3) is 0 Å². The van der Waals surface area contributed by atoms with Gasteiger partial charge in [-0.25, -0.2) is 4.39 Å². The fourth-order valence-electron chi connectivity index (χ4n) is 2.40. The number of nitrogens with one attached hydrogen (secondary N) is 2. The highest BCUT2D eigenvalue weighted by Gasteiger charge is 2.11. The SMILES string of the molecule is Cc1ccc(NC(=O)c2ccc(C(=O)Nc3ccccc3F)cc2)cc1Cl. The van der Waals surface area contributed by atoms with Gasteiger partial charge in [-0.05, 0) is 61.0 Å². The van der Waals surface area contributed by atoms with E-state index in [2.05, 4.69) is 10.6 Å². The maximum atomic E-state index is 13.6. The van der Waals surface area contributed by atoms with Crippen molar-refractivity contribution in [3.8, 4) is 0 Å². The molecule has 0 aliphatic rings. The molecule has 3 aromatic carbocycles. The topological polar surface area (TPSA) is 58.2 Å². The van der Waals surface area contributed by atoms with E-state index in [0.717, 1.165) is 5.56 Å². The van der Waals surface area contributed by atoms with Crippen molar-refractivity contribution >= 4 is 34.8 Å². The van der Waals surface area contributed by atoms with Crippen molar-refractivity contribution in [3.63, 3.8) is 0 Å². The van der Waals surface area contributed by atoms with Crippen molar-refractivity contribution < 1.29 is 14.0 Å². The Balaban J connectivity index is 1.69. The molecule has 0 saturated carbocycles. The third kappa shape index (κ3) is 4.51. The summed E-state index contributed by atoms with van der Waals surface area (Å²) >= 11 is 6.05. The monoisotopic (exact) mass is 382 g/mol. The van der Waals surface area contributed by atoms with Crippen molar-refractivity contribution in [3.05, 3.63) is 94.3 Å². The summed E-state index contributed by atoms with van der Waals surface area (Å²) in [5.74, 6) is -1.30. The minimum atomic E-state index is -0.515. The van der Waals surface area contributed by atoms with E-state index in [0.29, 0.717) is 21.8 Å². The number of aryl methyl sites for hydroxylation is 1. The number of rotatable bonds is 4. The summed E-state index contributed by atoms with van der Waals surface area (Å²) in [6.07, 6.45) is 0. The molecule has 0 bridgehead atoms. The molecule has 0 saturated heterocycles. The van der Waals surface area contributed by atoms with Gasteiger partial charge in [0.05, 0.1) is 5.69 Å². The lowest BCUT2D eigenvalue weighted by Crippen LogP contribution is -2.15. The predicted octanol–water partition coefficient (Wildman–Crippen LogP) is 5.29. The highest BCUT2D eigenvalue weighted by molar-refractivity contribution is 6.31. The summed E-state index contributed by atoms with van der Waals surface area (Å²) in [6.45, 7) is 1.87. The average Bonchev–Trinajstić information content (AvgIpc) is 2.66. The first-order valence-electron chi connectivity index (χ1n) is 8.17. The Morgan fingerprint density at radius 2 is 1.44 bits per heavy atom. The summed E-state index contributed by atoms with van der Waals surface area (Å²) in [5.41, 5.74) is 2.29. The van der Waals surface area contributed by atoms with E-state index in [1.54, 1.807) is 24.3 Å². The molecular weight excluding hydrogens is 367 g/mol. The van der Waals surface area contributed by atoms with Crippen LogP contribution in [-0.4, -0.2) is 11.8 Å². The number of amides is 2. The van der Waals surface area contributed by atoms with Crippen molar-refractivity contribution in [1.82, 2.24) is 0 Å². The van der Waals surface area contributed by atoms with Gasteiger partial charge < -0.3 is 10.6 Å². The lowest BCUT2D eigenvalue weighted by atomic mass is 10.1. The van der Waals surface area contributed by atoms with E-state index in [1.807, 2.05) is 13.0 Å². The molecular formula is C21H16ClFN2O2. The Kier molecular flexibility index (Phi) is 5.52. The van der Waals surface area contributed by atoms with Crippen LogP contribution in [0.3, 0.4) is 0 Å². The Labute approximate surface area is 161 Å². The lowest BCUT2D eigenvalue weighted by Gasteiger charge is -2.08. The number of halogens is 2. The van der Waals surface area contributed by atoms with Crippen molar-refractivity contribution in [2.45, 2.75) is 6.92 Å². The predicted molar refractivity (Wildman–Crippen MR) is 105 cm³/mol. The van der Waals surface area contributed by atoms with Crippen LogP contribution < -0.4 is 10.6 Å². The maximum absolute atomic E-state index is 13.6. The molecule has 0 atom stereocenters. The quantitative estimate of drug-likeness (QED) is 0.644. The molecule has 2 N–H and O–H groups in total. The standard InChI is InChI=1S/C21H16ClFN2O2/c1-13-6-11-16(12-17(13)22)24-20(26)14-7-9-15(10-8-14)21(27)25-19-5-3-2-4-18(19)23/h2-12H,1H3,(H,24,26)(H,25,27). The van der Waals surface area contributed by atoms with Crippen LogP contribution in [-0.2, 0) is 0 Å². The van der Waals surface area contributed by atoms with Gasteiger partial charge in [-0.15, -0.1) is 0 Å². The minimum Gasteiger partial charge on any atom is -0.322 e. The smallest absolute Gasteiger partial charge is 0.255 e. The third-order valence-corrected chi connectivity index (χ3v) is 4.37. The van der Waals surface area contributed by atoms with Gasteiger partial charge in [0.2, 0.25) is 0 Å². The average molecular weight is 383 g/mol. The summed E-state index contributed by atoms with van der Waals surface area (Å²) in [4.78, 5) is 24.5. The van der Waals surface area contributed by atoms with E-state index in [-0.39, 0.29) is 11.6 Å². The summed E-state index contributed by atoms with van der Waals surface area (Å²) in [7, 11) is 0. The number of carbonyl (C=O) groups excluding carboxylic acids is 2. The first-order chi connectivity index (χ1) is 12.9. The number of hydrogen-bond acceptors (Lipinski definition) is 2. The van der Waals surface area contributed by atoms with Gasteiger partial charge in [-0.3, -0.25) is 9.59 Å². The molecule has 136 valence electrons. The van der Waals surface area contributed by atoms with Crippen molar-refractivity contribution in [2.75, 3.05) is 10.6 Å². The molecule has 2 amide bonds. The number of benzene rings is 3. The first-order valence-corrected chi connectivity index (χ1v) is 8.55. The molecule has 0 unspecified atom stereocenters. The van der Waals surface area contributed by atoms with Crippen molar-refractivity contribution in [2.24, 2.45) is 0 Å². The molecule has 0 heterocycles. The molecule has 0 spiro atoms. The second kappa shape index (κ2) is 8.01. The molecule has 4 nitrogen and oxygen atoms in total. The zero-order valence-corrected chi connectivity index (χ0v) is 15.2. The van der Waals surface area contributed by atoms with Gasteiger partial charge in [0.25, 0.3) is 11.8 Å². The number of hydrogen-bond donors (Lipinski definition) is 2. The zero-order chi connectivity index (χ0) is 19.4. The van der Waals surface area contributed by atoms with E-state index in [1.165, 1.54) is 36.4 Å². The van der Waals surface area contributed by atoms with Crippen molar-refractivity contribution in [1.29, 1.82) is 0 Å². The summed E-state index contributed by atoms with van der Waals surface area (Å²) in [5, 5.41) is 5.81. The molecule has 27 heavy (non-hydrogen) atoms. The third-order valence-electron chi connectivity index (χ3n) is 3.96. The summed E-state index contributed by atoms with van der Waals surface area (Å²) in [6, 6.07) is 17.2. The first kappa shape index (κ1) is 18.6.